The summed E-state index contributed by atoms with van der Waals surface area (Å²) < 4.78 is 4.92. The van der Waals surface area contributed by atoms with Crippen molar-refractivity contribution in [3.63, 3.8) is 0 Å². The predicted molar refractivity (Wildman–Crippen MR) is 63.5 cm³/mol. The maximum absolute atomic E-state index is 11.7. The molecular formula is C11H21N3O3. The normalized spacial score (nSPS) is 19.8. The van der Waals surface area contributed by atoms with Crippen molar-refractivity contribution in [2.45, 2.75) is 6.42 Å². The summed E-state index contributed by atoms with van der Waals surface area (Å²) >= 11 is 0. The van der Waals surface area contributed by atoms with E-state index in [0.29, 0.717) is 32.7 Å². The molecule has 2 N–H and O–H groups in total. The van der Waals surface area contributed by atoms with Crippen LogP contribution in [-0.2, 0) is 14.3 Å². The van der Waals surface area contributed by atoms with Crippen molar-refractivity contribution in [2.24, 2.45) is 5.92 Å². The molecule has 0 aromatic carbocycles. The largest absolute Gasteiger partial charge is 0.383 e. The Balaban J connectivity index is 2.31. The molecule has 6 heteroatoms. The number of rotatable bonds is 7. The highest BCUT2D eigenvalue weighted by Gasteiger charge is 2.33. The third kappa shape index (κ3) is 4.32. The molecule has 2 amide bonds. The molecule has 0 aromatic heterocycles. The van der Waals surface area contributed by atoms with Crippen LogP contribution in [0.2, 0.25) is 0 Å². The second kappa shape index (κ2) is 7.24. The number of likely N-dealkylation sites (N-methyl/N-ethyl adjacent to an activating group) is 1. The predicted octanol–water partition coefficient (Wildman–Crippen LogP) is -1.18. The van der Waals surface area contributed by atoms with Crippen LogP contribution in [0.15, 0.2) is 0 Å². The first-order valence-corrected chi connectivity index (χ1v) is 5.88. The number of nitrogens with one attached hydrogen (secondary N) is 2. The number of amides is 2. The summed E-state index contributed by atoms with van der Waals surface area (Å²) in [7, 11) is 3.43. The number of carbonyl (C=O) groups is 2. The lowest BCUT2D eigenvalue weighted by Gasteiger charge is -2.15. The quantitative estimate of drug-likeness (QED) is 0.552. The van der Waals surface area contributed by atoms with Gasteiger partial charge in [-0.05, 0) is 7.05 Å². The first kappa shape index (κ1) is 13.9. The fourth-order valence-electron chi connectivity index (χ4n) is 1.82. The minimum atomic E-state index is -0.212. The molecule has 1 saturated heterocycles. The molecule has 6 nitrogen and oxygen atoms in total. The number of likely N-dealkylation sites (tertiary alicyclic amines) is 1. The van der Waals surface area contributed by atoms with Crippen LogP contribution in [0.1, 0.15) is 6.42 Å². The Bertz CT molecular complexity index is 271. The van der Waals surface area contributed by atoms with Crippen molar-refractivity contribution < 1.29 is 14.3 Å². The van der Waals surface area contributed by atoms with Crippen molar-refractivity contribution in [1.82, 2.24) is 15.5 Å². The zero-order chi connectivity index (χ0) is 12.7. The molecular weight excluding hydrogens is 222 g/mol. The highest BCUT2D eigenvalue weighted by atomic mass is 16.5. The molecule has 0 bridgehead atoms. The van der Waals surface area contributed by atoms with E-state index >= 15 is 0 Å². The van der Waals surface area contributed by atoms with Gasteiger partial charge in [0.25, 0.3) is 0 Å². The highest BCUT2D eigenvalue weighted by molar-refractivity contribution is 5.89. The number of hydrogen-bond acceptors (Lipinski definition) is 4. The molecule has 0 radical (unpaired) electrons. The van der Waals surface area contributed by atoms with Crippen LogP contribution in [0.4, 0.5) is 0 Å². The van der Waals surface area contributed by atoms with Crippen LogP contribution < -0.4 is 10.6 Å². The maximum Gasteiger partial charge on any atom is 0.225 e. The zero-order valence-electron chi connectivity index (χ0n) is 10.5. The second-order valence-corrected chi connectivity index (χ2v) is 4.13. The molecule has 1 aliphatic heterocycles. The number of hydrogen-bond donors (Lipinski definition) is 2. The number of ether oxygens (including phenoxy) is 1. The van der Waals surface area contributed by atoms with Crippen LogP contribution >= 0.6 is 0 Å². The third-order valence-corrected chi connectivity index (χ3v) is 2.82. The van der Waals surface area contributed by atoms with Crippen LogP contribution in [0, 0.1) is 5.92 Å². The Labute approximate surface area is 102 Å². The molecule has 0 aromatic rings. The lowest BCUT2D eigenvalue weighted by atomic mass is 10.1. The van der Waals surface area contributed by atoms with E-state index in [1.54, 1.807) is 12.0 Å². The SMILES string of the molecule is CNCCNC(=O)C1CC(=O)N(CCOC)C1. The maximum atomic E-state index is 11.7. The van der Waals surface area contributed by atoms with Crippen molar-refractivity contribution >= 4 is 11.8 Å². The topological polar surface area (TPSA) is 70.7 Å². The van der Waals surface area contributed by atoms with Gasteiger partial charge in [-0.2, -0.15) is 0 Å². The van der Waals surface area contributed by atoms with Gasteiger partial charge in [0.1, 0.15) is 0 Å². The smallest absolute Gasteiger partial charge is 0.225 e. The van der Waals surface area contributed by atoms with Crippen LogP contribution in [0.5, 0.6) is 0 Å². The average molecular weight is 243 g/mol. The van der Waals surface area contributed by atoms with Crippen molar-refractivity contribution in [1.29, 1.82) is 0 Å². The standard InChI is InChI=1S/C11H21N3O3/c1-12-3-4-13-11(16)9-7-10(15)14(8-9)5-6-17-2/h9,12H,3-8H2,1-2H3,(H,13,16). The molecule has 1 rings (SSSR count). The van der Waals surface area contributed by atoms with E-state index in [-0.39, 0.29) is 17.7 Å². The van der Waals surface area contributed by atoms with Gasteiger partial charge in [0, 0.05) is 39.7 Å². The van der Waals surface area contributed by atoms with Gasteiger partial charge in [-0.1, -0.05) is 0 Å². The third-order valence-electron chi connectivity index (χ3n) is 2.82. The van der Waals surface area contributed by atoms with Gasteiger partial charge < -0.3 is 20.3 Å². The van der Waals surface area contributed by atoms with E-state index in [2.05, 4.69) is 10.6 Å². The Morgan fingerprint density at radius 3 is 2.94 bits per heavy atom. The highest BCUT2D eigenvalue weighted by Crippen LogP contribution is 2.17. The summed E-state index contributed by atoms with van der Waals surface area (Å²) in [6.45, 7) is 2.92. The second-order valence-electron chi connectivity index (χ2n) is 4.13. The summed E-state index contributed by atoms with van der Waals surface area (Å²) in [5.74, 6) is -0.208. The van der Waals surface area contributed by atoms with Crippen LogP contribution in [-0.4, -0.2) is 63.7 Å². The summed E-state index contributed by atoms with van der Waals surface area (Å²) in [6.07, 6.45) is 0.315. The first-order chi connectivity index (χ1) is 8.19. The number of nitrogens with zero attached hydrogens (tertiary/aromatic N) is 1. The van der Waals surface area contributed by atoms with Crippen molar-refractivity contribution in [3.8, 4) is 0 Å². The molecule has 0 aliphatic carbocycles. The molecule has 98 valence electrons. The Hall–Kier alpha value is -1.14. The summed E-state index contributed by atoms with van der Waals surface area (Å²) in [5.41, 5.74) is 0. The van der Waals surface area contributed by atoms with Gasteiger partial charge in [0.2, 0.25) is 11.8 Å². The molecule has 1 aliphatic rings. The van der Waals surface area contributed by atoms with Gasteiger partial charge in [-0.25, -0.2) is 0 Å². The summed E-state index contributed by atoms with van der Waals surface area (Å²) in [4.78, 5) is 25.0. The Morgan fingerprint density at radius 1 is 1.53 bits per heavy atom. The van der Waals surface area contributed by atoms with E-state index in [1.807, 2.05) is 7.05 Å². The molecule has 1 atom stereocenters. The zero-order valence-corrected chi connectivity index (χ0v) is 10.5. The van der Waals surface area contributed by atoms with E-state index in [0.717, 1.165) is 6.54 Å². The monoisotopic (exact) mass is 243 g/mol. The Morgan fingerprint density at radius 2 is 2.29 bits per heavy atom. The molecule has 1 unspecified atom stereocenters. The first-order valence-electron chi connectivity index (χ1n) is 5.88. The molecule has 0 spiro atoms. The molecule has 0 saturated carbocycles. The van der Waals surface area contributed by atoms with Gasteiger partial charge in [-0.15, -0.1) is 0 Å². The van der Waals surface area contributed by atoms with Crippen molar-refractivity contribution in [3.05, 3.63) is 0 Å². The average Bonchev–Trinajstić information content (AvgIpc) is 2.68. The summed E-state index contributed by atoms with van der Waals surface area (Å²) in [5, 5.41) is 5.76. The Kier molecular flexibility index (Phi) is 5.93. The summed E-state index contributed by atoms with van der Waals surface area (Å²) in [6, 6.07) is 0. The van der Waals surface area contributed by atoms with E-state index in [1.165, 1.54) is 0 Å². The van der Waals surface area contributed by atoms with Gasteiger partial charge in [0.15, 0.2) is 0 Å². The molecule has 1 fully saturated rings. The van der Waals surface area contributed by atoms with Crippen molar-refractivity contribution in [2.75, 3.05) is 46.9 Å². The van der Waals surface area contributed by atoms with E-state index < -0.39 is 0 Å². The van der Waals surface area contributed by atoms with Crippen LogP contribution in [0.3, 0.4) is 0 Å². The lowest BCUT2D eigenvalue weighted by molar-refractivity contribution is -0.129. The fraction of sp³-hybridized carbons (Fsp3) is 0.818. The number of carbonyl (C=O) groups excluding carboxylic acids is 2. The van der Waals surface area contributed by atoms with Crippen LogP contribution in [0.25, 0.3) is 0 Å². The van der Waals surface area contributed by atoms with Gasteiger partial charge >= 0.3 is 0 Å². The van der Waals surface area contributed by atoms with Gasteiger partial charge in [-0.3, -0.25) is 9.59 Å². The molecule has 1 heterocycles. The minimum absolute atomic E-state index is 0.0338. The molecule has 17 heavy (non-hydrogen) atoms. The van der Waals surface area contributed by atoms with E-state index in [9.17, 15) is 9.59 Å². The van der Waals surface area contributed by atoms with Gasteiger partial charge in [0.05, 0.1) is 12.5 Å². The lowest BCUT2D eigenvalue weighted by Crippen LogP contribution is -2.36. The fourth-order valence-corrected chi connectivity index (χ4v) is 1.82. The minimum Gasteiger partial charge on any atom is -0.383 e. The number of methoxy groups -OCH3 is 1. The van der Waals surface area contributed by atoms with E-state index in [4.69, 9.17) is 4.74 Å².